The molecular weight excluding hydrogens is 272 g/mol. The lowest BCUT2D eigenvalue weighted by atomic mass is 10.0. The monoisotopic (exact) mass is 288 g/mol. The zero-order chi connectivity index (χ0) is 14.9. The van der Waals surface area contributed by atoms with Crippen LogP contribution in [0.2, 0.25) is 5.02 Å². The number of halogens is 1. The summed E-state index contributed by atoms with van der Waals surface area (Å²) in [6.07, 6.45) is 0. The Bertz CT molecular complexity index is 660. The van der Waals surface area contributed by atoms with E-state index in [4.69, 9.17) is 17.3 Å². The molecule has 3 N–H and O–H groups in total. The molecule has 0 aliphatic heterocycles. The highest BCUT2D eigenvalue weighted by atomic mass is 35.5. The molecule has 0 radical (unpaired) electrons. The Kier molecular flexibility index (Phi) is 4.00. The van der Waals surface area contributed by atoms with Crippen LogP contribution in [0.25, 0.3) is 0 Å². The van der Waals surface area contributed by atoms with E-state index in [0.717, 1.165) is 16.7 Å². The van der Waals surface area contributed by atoms with Gasteiger partial charge in [-0.3, -0.25) is 4.79 Å². The standard InChI is InChI=1S/C16H17ClN2O/c1-9-5-4-6-10(2)15(9)16(20)19-14-8-12(17)13(18)7-11(14)3/h4-8H,18H2,1-3H3,(H,19,20). The van der Waals surface area contributed by atoms with E-state index in [9.17, 15) is 4.79 Å². The van der Waals surface area contributed by atoms with Gasteiger partial charge in [-0.25, -0.2) is 0 Å². The second kappa shape index (κ2) is 5.55. The molecule has 3 nitrogen and oxygen atoms in total. The predicted molar refractivity (Wildman–Crippen MR) is 84.5 cm³/mol. The second-order valence-electron chi connectivity index (χ2n) is 4.91. The Morgan fingerprint density at radius 2 is 1.70 bits per heavy atom. The summed E-state index contributed by atoms with van der Waals surface area (Å²) in [6, 6.07) is 9.21. The lowest BCUT2D eigenvalue weighted by Crippen LogP contribution is -2.15. The number of rotatable bonds is 2. The third kappa shape index (κ3) is 2.78. The molecule has 2 aromatic rings. The second-order valence-corrected chi connectivity index (χ2v) is 5.32. The molecule has 104 valence electrons. The maximum atomic E-state index is 12.4. The van der Waals surface area contributed by atoms with Crippen molar-refractivity contribution in [2.45, 2.75) is 20.8 Å². The summed E-state index contributed by atoms with van der Waals surface area (Å²) < 4.78 is 0. The third-order valence-electron chi connectivity index (χ3n) is 3.30. The Morgan fingerprint density at radius 3 is 2.30 bits per heavy atom. The predicted octanol–water partition coefficient (Wildman–Crippen LogP) is 4.10. The van der Waals surface area contributed by atoms with Crippen LogP contribution in [0.1, 0.15) is 27.0 Å². The van der Waals surface area contributed by atoms with Crippen LogP contribution >= 0.6 is 11.6 Å². The summed E-state index contributed by atoms with van der Waals surface area (Å²) in [6.45, 7) is 5.72. The number of carbonyl (C=O) groups is 1. The first-order valence-electron chi connectivity index (χ1n) is 6.33. The number of nitrogen functional groups attached to an aromatic ring is 1. The van der Waals surface area contributed by atoms with E-state index in [1.807, 2.05) is 39.0 Å². The molecule has 0 saturated carbocycles. The van der Waals surface area contributed by atoms with Gasteiger partial charge in [-0.1, -0.05) is 29.8 Å². The highest BCUT2D eigenvalue weighted by molar-refractivity contribution is 6.33. The molecule has 0 unspecified atom stereocenters. The van der Waals surface area contributed by atoms with Gasteiger partial charge < -0.3 is 11.1 Å². The summed E-state index contributed by atoms with van der Waals surface area (Å²) in [7, 11) is 0. The molecule has 0 spiro atoms. The summed E-state index contributed by atoms with van der Waals surface area (Å²) in [5.74, 6) is -0.135. The van der Waals surface area contributed by atoms with Crippen molar-refractivity contribution < 1.29 is 4.79 Å². The highest BCUT2D eigenvalue weighted by Gasteiger charge is 2.13. The van der Waals surface area contributed by atoms with Crippen LogP contribution in [0.5, 0.6) is 0 Å². The molecule has 2 aromatic carbocycles. The Labute approximate surface area is 123 Å². The van der Waals surface area contributed by atoms with E-state index in [0.29, 0.717) is 22.0 Å². The van der Waals surface area contributed by atoms with Gasteiger partial charge in [0.15, 0.2) is 0 Å². The van der Waals surface area contributed by atoms with Crippen molar-refractivity contribution in [3.05, 3.63) is 57.6 Å². The highest BCUT2D eigenvalue weighted by Crippen LogP contribution is 2.27. The molecular formula is C16H17ClN2O. The minimum atomic E-state index is -0.135. The quantitative estimate of drug-likeness (QED) is 0.818. The summed E-state index contributed by atoms with van der Waals surface area (Å²) >= 11 is 6.00. The van der Waals surface area contributed by atoms with Gasteiger partial charge in [0, 0.05) is 11.3 Å². The zero-order valence-electron chi connectivity index (χ0n) is 11.8. The largest absolute Gasteiger partial charge is 0.398 e. The van der Waals surface area contributed by atoms with Crippen molar-refractivity contribution in [1.29, 1.82) is 0 Å². The number of carbonyl (C=O) groups excluding carboxylic acids is 1. The van der Waals surface area contributed by atoms with Crippen LogP contribution in [-0.2, 0) is 0 Å². The molecule has 2 rings (SSSR count). The average Bonchev–Trinajstić information content (AvgIpc) is 2.35. The first-order valence-corrected chi connectivity index (χ1v) is 6.71. The maximum absolute atomic E-state index is 12.4. The van der Waals surface area contributed by atoms with Crippen LogP contribution in [0.3, 0.4) is 0 Å². The molecule has 0 atom stereocenters. The van der Waals surface area contributed by atoms with E-state index in [2.05, 4.69) is 5.32 Å². The van der Waals surface area contributed by atoms with Crippen molar-refractivity contribution in [2.24, 2.45) is 0 Å². The fourth-order valence-electron chi connectivity index (χ4n) is 2.20. The molecule has 20 heavy (non-hydrogen) atoms. The molecule has 0 aliphatic rings. The number of amides is 1. The first-order chi connectivity index (χ1) is 9.40. The Hall–Kier alpha value is -2.00. The van der Waals surface area contributed by atoms with E-state index in [1.54, 1.807) is 12.1 Å². The van der Waals surface area contributed by atoms with Crippen LogP contribution in [0.4, 0.5) is 11.4 Å². The smallest absolute Gasteiger partial charge is 0.256 e. The van der Waals surface area contributed by atoms with Crippen LogP contribution in [0, 0.1) is 20.8 Å². The van der Waals surface area contributed by atoms with Crippen molar-refractivity contribution in [3.8, 4) is 0 Å². The van der Waals surface area contributed by atoms with E-state index in [1.165, 1.54) is 0 Å². The molecule has 4 heteroatoms. The van der Waals surface area contributed by atoms with Crippen molar-refractivity contribution >= 4 is 28.9 Å². The zero-order valence-corrected chi connectivity index (χ0v) is 12.5. The molecule has 0 bridgehead atoms. The molecule has 1 amide bonds. The van der Waals surface area contributed by atoms with Crippen LogP contribution < -0.4 is 11.1 Å². The lowest BCUT2D eigenvalue weighted by Gasteiger charge is -2.13. The number of aryl methyl sites for hydroxylation is 3. The number of benzene rings is 2. The van der Waals surface area contributed by atoms with Gasteiger partial charge in [-0.05, 0) is 49.6 Å². The lowest BCUT2D eigenvalue weighted by molar-refractivity contribution is 0.102. The van der Waals surface area contributed by atoms with Gasteiger partial charge in [-0.15, -0.1) is 0 Å². The molecule has 0 fully saturated rings. The maximum Gasteiger partial charge on any atom is 0.256 e. The Balaban J connectivity index is 2.35. The molecule has 0 heterocycles. The topological polar surface area (TPSA) is 55.1 Å². The minimum Gasteiger partial charge on any atom is -0.398 e. The van der Waals surface area contributed by atoms with Crippen molar-refractivity contribution in [2.75, 3.05) is 11.1 Å². The van der Waals surface area contributed by atoms with Crippen molar-refractivity contribution in [1.82, 2.24) is 0 Å². The van der Waals surface area contributed by atoms with Crippen molar-refractivity contribution in [3.63, 3.8) is 0 Å². The summed E-state index contributed by atoms with van der Waals surface area (Å²) in [5.41, 5.74) is 10.4. The van der Waals surface area contributed by atoms with Gasteiger partial charge in [0.25, 0.3) is 5.91 Å². The van der Waals surface area contributed by atoms with Gasteiger partial charge in [0.05, 0.1) is 10.7 Å². The fraction of sp³-hybridized carbons (Fsp3) is 0.188. The Morgan fingerprint density at radius 1 is 1.10 bits per heavy atom. The summed E-state index contributed by atoms with van der Waals surface area (Å²) in [5, 5.41) is 3.33. The van der Waals surface area contributed by atoms with Gasteiger partial charge >= 0.3 is 0 Å². The van der Waals surface area contributed by atoms with Crippen LogP contribution in [-0.4, -0.2) is 5.91 Å². The van der Waals surface area contributed by atoms with E-state index in [-0.39, 0.29) is 5.91 Å². The third-order valence-corrected chi connectivity index (χ3v) is 3.63. The van der Waals surface area contributed by atoms with Gasteiger partial charge in [-0.2, -0.15) is 0 Å². The average molecular weight is 289 g/mol. The summed E-state index contributed by atoms with van der Waals surface area (Å²) in [4.78, 5) is 12.4. The molecule has 0 saturated heterocycles. The first kappa shape index (κ1) is 14.4. The fourth-order valence-corrected chi connectivity index (χ4v) is 2.36. The minimum absolute atomic E-state index is 0.135. The molecule has 0 aromatic heterocycles. The SMILES string of the molecule is Cc1cc(N)c(Cl)cc1NC(=O)c1c(C)cccc1C. The van der Waals surface area contributed by atoms with Crippen LogP contribution in [0.15, 0.2) is 30.3 Å². The normalized spacial score (nSPS) is 10.4. The van der Waals surface area contributed by atoms with E-state index < -0.39 is 0 Å². The molecule has 0 aliphatic carbocycles. The van der Waals surface area contributed by atoms with Gasteiger partial charge in [0.2, 0.25) is 0 Å². The number of anilines is 2. The number of nitrogens with one attached hydrogen (secondary N) is 1. The number of nitrogens with two attached hydrogens (primary N) is 1. The van der Waals surface area contributed by atoms with Gasteiger partial charge in [0.1, 0.15) is 0 Å². The van der Waals surface area contributed by atoms with E-state index >= 15 is 0 Å². The number of hydrogen-bond donors (Lipinski definition) is 2. The number of hydrogen-bond acceptors (Lipinski definition) is 2.